The Bertz CT molecular complexity index is 311. The SMILES string of the molecule is CCCC(C)CC(CN)c1cccc(Br)c1. The normalized spacial score (nSPS) is 14.8. The zero-order chi connectivity index (χ0) is 12.0. The number of halogens is 1. The minimum Gasteiger partial charge on any atom is -0.330 e. The van der Waals surface area contributed by atoms with Crippen LogP contribution in [0.2, 0.25) is 0 Å². The van der Waals surface area contributed by atoms with E-state index in [0.717, 1.165) is 16.9 Å². The van der Waals surface area contributed by atoms with Crippen LogP contribution in [-0.2, 0) is 0 Å². The molecule has 0 aliphatic carbocycles. The van der Waals surface area contributed by atoms with Gasteiger partial charge >= 0.3 is 0 Å². The second kappa shape index (κ2) is 7.08. The maximum atomic E-state index is 5.88. The number of hydrogen-bond acceptors (Lipinski definition) is 1. The Kier molecular flexibility index (Phi) is 6.07. The molecule has 0 aliphatic rings. The van der Waals surface area contributed by atoms with Crippen LogP contribution in [0.25, 0.3) is 0 Å². The van der Waals surface area contributed by atoms with Gasteiger partial charge in [-0.2, -0.15) is 0 Å². The smallest absolute Gasteiger partial charge is 0.0178 e. The highest BCUT2D eigenvalue weighted by atomic mass is 79.9. The summed E-state index contributed by atoms with van der Waals surface area (Å²) in [6, 6.07) is 8.52. The third kappa shape index (κ3) is 4.26. The van der Waals surface area contributed by atoms with Crippen LogP contribution in [0.15, 0.2) is 28.7 Å². The van der Waals surface area contributed by atoms with E-state index in [4.69, 9.17) is 5.73 Å². The number of nitrogens with two attached hydrogens (primary N) is 1. The second-order valence-electron chi connectivity index (χ2n) is 4.62. The minimum atomic E-state index is 0.499. The lowest BCUT2D eigenvalue weighted by Crippen LogP contribution is -2.15. The molecule has 0 fully saturated rings. The molecule has 0 saturated carbocycles. The molecule has 2 unspecified atom stereocenters. The first-order valence-electron chi connectivity index (χ1n) is 6.12. The van der Waals surface area contributed by atoms with Crippen LogP contribution in [0.5, 0.6) is 0 Å². The first-order chi connectivity index (χ1) is 7.67. The highest BCUT2D eigenvalue weighted by molar-refractivity contribution is 9.10. The molecule has 0 saturated heterocycles. The standard InChI is InChI=1S/C14H22BrN/c1-3-5-11(2)8-13(10-16)12-6-4-7-14(15)9-12/h4,6-7,9,11,13H,3,5,8,10,16H2,1-2H3. The predicted octanol–water partition coefficient (Wildman–Crippen LogP) is 4.32. The van der Waals surface area contributed by atoms with Crippen molar-refractivity contribution in [2.45, 2.75) is 39.0 Å². The van der Waals surface area contributed by atoms with Crippen LogP contribution in [0, 0.1) is 5.92 Å². The molecule has 0 aliphatic heterocycles. The van der Waals surface area contributed by atoms with Crippen LogP contribution >= 0.6 is 15.9 Å². The van der Waals surface area contributed by atoms with Gasteiger partial charge in [-0.05, 0) is 42.5 Å². The molecule has 1 aromatic rings. The molecule has 2 atom stereocenters. The van der Waals surface area contributed by atoms with Crippen molar-refractivity contribution < 1.29 is 0 Å². The summed E-state index contributed by atoms with van der Waals surface area (Å²) in [4.78, 5) is 0. The number of hydrogen-bond donors (Lipinski definition) is 1. The molecule has 1 aromatic carbocycles. The Morgan fingerprint density at radius 3 is 2.69 bits per heavy atom. The van der Waals surface area contributed by atoms with E-state index in [9.17, 15) is 0 Å². The fourth-order valence-corrected chi connectivity index (χ4v) is 2.64. The lowest BCUT2D eigenvalue weighted by Gasteiger charge is -2.19. The van der Waals surface area contributed by atoms with E-state index in [2.05, 4.69) is 54.0 Å². The molecule has 0 aromatic heterocycles. The minimum absolute atomic E-state index is 0.499. The average molecular weight is 284 g/mol. The largest absolute Gasteiger partial charge is 0.330 e. The van der Waals surface area contributed by atoms with Crippen molar-refractivity contribution in [1.82, 2.24) is 0 Å². The van der Waals surface area contributed by atoms with Gasteiger partial charge in [-0.3, -0.25) is 0 Å². The molecular weight excluding hydrogens is 262 g/mol. The van der Waals surface area contributed by atoms with Gasteiger partial charge in [-0.25, -0.2) is 0 Å². The molecule has 2 N–H and O–H groups in total. The molecule has 1 nitrogen and oxygen atoms in total. The van der Waals surface area contributed by atoms with Gasteiger partial charge in [0.25, 0.3) is 0 Å². The van der Waals surface area contributed by atoms with Crippen molar-refractivity contribution >= 4 is 15.9 Å². The van der Waals surface area contributed by atoms with Crippen molar-refractivity contribution in [3.05, 3.63) is 34.3 Å². The molecule has 1 rings (SSSR count). The molecule has 0 heterocycles. The van der Waals surface area contributed by atoms with Gasteiger partial charge < -0.3 is 5.73 Å². The maximum Gasteiger partial charge on any atom is 0.0178 e. The Hall–Kier alpha value is -0.340. The molecular formula is C14H22BrN. The van der Waals surface area contributed by atoms with Crippen molar-refractivity contribution in [3.8, 4) is 0 Å². The van der Waals surface area contributed by atoms with E-state index >= 15 is 0 Å². The van der Waals surface area contributed by atoms with Crippen LogP contribution in [0.4, 0.5) is 0 Å². The van der Waals surface area contributed by atoms with Gasteiger partial charge in [0.15, 0.2) is 0 Å². The molecule has 0 spiro atoms. The summed E-state index contributed by atoms with van der Waals surface area (Å²) < 4.78 is 1.14. The van der Waals surface area contributed by atoms with Crippen molar-refractivity contribution in [2.24, 2.45) is 11.7 Å². The molecule has 16 heavy (non-hydrogen) atoms. The van der Waals surface area contributed by atoms with E-state index in [1.807, 2.05) is 0 Å². The molecule has 0 radical (unpaired) electrons. The van der Waals surface area contributed by atoms with Gasteiger partial charge in [-0.1, -0.05) is 54.8 Å². The number of rotatable bonds is 6. The Morgan fingerprint density at radius 1 is 1.38 bits per heavy atom. The second-order valence-corrected chi connectivity index (χ2v) is 5.53. The summed E-state index contributed by atoms with van der Waals surface area (Å²) in [6.45, 7) is 5.31. The predicted molar refractivity (Wildman–Crippen MR) is 74.6 cm³/mol. The fraction of sp³-hybridized carbons (Fsp3) is 0.571. The van der Waals surface area contributed by atoms with Crippen LogP contribution < -0.4 is 5.73 Å². The highest BCUT2D eigenvalue weighted by Crippen LogP contribution is 2.26. The average Bonchev–Trinajstić information content (AvgIpc) is 2.26. The van der Waals surface area contributed by atoms with Gasteiger partial charge in [0.1, 0.15) is 0 Å². The van der Waals surface area contributed by atoms with Gasteiger partial charge in [0.05, 0.1) is 0 Å². The van der Waals surface area contributed by atoms with E-state index in [1.165, 1.54) is 24.8 Å². The van der Waals surface area contributed by atoms with Crippen LogP contribution in [-0.4, -0.2) is 6.54 Å². The van der Waals surface area contributed by atoms with E-state index in [0.29, 0.717) is 5.92 Å². The third-order valence-corrected chi connectivity index (χ3v) is 3.57. The lowest BCUT2D eigenvalue weighted by molar-refractivity contribution is 0.438. The fourth-order valence-electron chi connectivity index (χ4n) is 2.23. The monoisotopic (exact) mass is 283 g/mol. The summed E-state index contributed by atoms with van der Waals surface area (Å²) in [5.74, 6) is 1.26. The summed E-state index contributed by atoms with van der Waals surface area (Å²) in [5, 5.41) is 0. The topological polar surface area (TPSA) is 26.0 Å². The lowest BCUT2D eigenvalue weighted by atomic mass is 9.88. The molecule has 0 amide bonds. The first kappa shape index (κ1) is 13.7. The zero-order valence-electron chi connectivity index (χ0n) is 10.2. The van der Waals surface area contributed by atoms with E-state index < -0.39 is 0 Å². The Balaban J connectivity index is 2.67. The summed E-state index contributed by atoms with van der Waals surface area (Å²) in [5.41, 5.74) is 7.24. The van der Waals surface area contributed by atoms with Crippen molar-refractivity contribution in [3.63, 3.8) is 0 Å². The maximum absolute atomic E-state index is 5.88. The first-order valence-corrected chi connectivity index (χ1v) is 6.92. The molecule has 2 heteroatoms. The van der Waals surface area contributed by atoms with Crippen LogP contribution in [0.3, 0.4) is 0 Å². The van der Waals surface area contributed by atoms with Crippen LogP contribution in [0.1, 0.15) is 44.6 Å². The Morgan fingerprint density at radius 2 is 2.12 bits per heavy atom. The summed E-state index contributed by atoms with van der Waals surface area (Å²) in [7, 11) is 0. The summed E-state index contributed by atoms with van der Waals surface area (Å²) >= 11 is 3.52. The molecule has 90 valence electrons. The molecule has 0 bridgehead atoms. The van der Waals surface area contributed by atoms with Gasteiger partial charge in [0, 0.05) is 4.47 Å². The van der Waals surface area contributed by atoms with Gasteiger partial charge in [-0.15, -0.1) is 0 Å². The van der Waals surface area contributed by atoms with E-state index in [-0.39, 0.29) is 0 Å². The summed E-state index contributed by atoms with van der Waals surface area (Å²) in [6.07, 6.45) is 3.75. The zero-order valence-corrected chi connectivity index (χ0v) is 11.8. The Labute approximate surface area is 108 Å². The highest BCUT2D eigenvalue weighted by Gasteiger charge is 2.13. The third-order valence-electron chi connectivity index (χ3n) is 3.07. The van der Waals surface area contributed by atoms with Crippen molar-refractivity contribution in [1.29, 1.82) is 0 Å². The van der Waals surface area contributed by atoms with Crippen molar-refractivity contribution in [2.75, 3.05) is 6.54 Å². The quantitative estimate of drug-likeness (QED) is 0.827. The van der Waals surface area contributed by atoms with Gasteiger partial charge in [0.2, 0.25) is 0 Å². The van der Waals surface area contributed by atoms with E-state index in [1.54, 1.807) is 0 Å². The number of benzene rings is 1.